The van der Waals surface area contributed by atoms with Gasteiger partial charge < -0.3 is 5.21 Å². The van der Waals surface area contributed by atoms with Gasteiger partial charge in [-0.05, 0) is 22.8 Å². The van der Waals surface area contributed by atoms with Gasteiger partial charge in [0.1, 0.15) is 0 Å². The molecule has 74 valence electrons. The molecule has 0 saturated heterocycles. The summed E-state index contributed by atoms with van der Waals surface area (Å²) in [7, 11) is 0. The van der Waals surface area contributed by atoms with E-state index in [1.807, 2.05) is 42.6 Å². The molecule has 1 N–H and O–H groups in total. The van der Waals surface area contributed by atoms with Crippen LogP contribution in [0.2, 0.25) is 0 Å². The second-order valence-corrected chi connectivity index (χ2v) is 3.11. The topological polar surface area (TPSA) is 45.5 Å². The number of benzene rings is 1. The lowest BCUT2D eigenvalue weighted by atomic mass is 10.1. The first kappa shape index (κ1) is 9.40. The molecule has 1 aromatic heterocycles. The SMILES string of the molecule is O/N=C/c1ccc(-c2cccnc2)cc1. The zero-order valence-corrected chi connectivity index (χ0v) is 8.04. The lowest BCUT2D eigenvalue weighted by molar-refractivity contribution is 0.322. The molecule has 0 fully saturated rings. The summed E-state index contributed by atoms with van der Waals surface area (Å²) in [5.41, 5.74) is 3.04. The molecule has 0 spiro atoms. The van der Waals surface area contributed by atoms with Gasteiger partial charge in [0.05, 0.1) is 6.21 Å². The molecule has 0 radical (unpaired) electrons. The third kappa shape index (κ3) is 2.20. The summed E-state index contributed by atoms with van der Waals surface area (Å²) in [6.07, 6.45) is 4.96. The van der Waals surface area contributed by atoms with Gasteiger partial charge in [-0.2, -0.15) is 0 Å². The monoisotopic (exact) mass is 198 g/mol. The molecule has 0 aliphatic carbocycles. The smallest absolute Gasteiger partial charge is 0.0733 e. The van der Waals surface area contributed by atoms with Gasteiger partial charge >= 0.3 is 0 Å². The molecular weight excluding hydrogens is 188 g/mol. The quantitative estimate of drug-likeness (QED) is 0.458. The minimum Gasteiger partial charge on any atom is -0.411 e. The Morgan fingerprint density at radius 2 is 1.87 bits per heavy atom. The molecule has 15 heavy (non-hydrogen) atoms. The van der Waals surface area contributed by atoms with E-state index in [1.165, 1.54) is 6.21 Å². The molecule has 1 aromatic carbocycles. The molecule has 2 aromatic rings. The summed E-state index contributed by atoms with van der Waals surface area (Å²) >= 11 is 0. The Morgan fingerprint density at radius 3 is 2.47 bits per heavy atom. The van der Waals surface area contributed by atoms with Crippen LogP contribution in [0, 0.1) is 0 Å². The molecule has 0 unspecified atom stereocenters. The van der Waals surface area contributed by atoms with Crippen molar-refractivity contribution < 1.29 is 5.21 Å². The third-order valence-electron chi connectivity index (χ3n) is 2.11. The number of aromatic nitrogens is 1. The standard InChI is InChI=1S/C12H10N2O/c15-14-8-10-3-5-11(6-4-10)12-2-1-7-13-9-12/h1-9,15H/b14-8+. The van der Waals surface area contributed by atoms with Crippen LogP contribution in [-0.2, 0) is 0 Å². The van der Waals surface area contributed by atoms with Crippen LogP contribution in [0.25, 0.3) is 11.1 Å². The summed E-state index contributed by atoms with van der Waals surface area (Å²) < 4.78 is 0. The lowest BCUT2D eigenvalue weighted by Gasteiger charge is -2.00. The van der Waals surface area contributed by atoms with Gasteiger partial charge in [0.15, 0.2) is 0 Å². The number of rotatable bonds is 2. The second-order valence-electron chi connectivity index (χ2n) is 3.11. The first-order valence-electron chi connectivity index (χ1n) is 4.58. The second kappa shape index (κ2) is 4.37. The molecule has 0 atom stereocenters. The van der Waals surface area contributed by atoms with Gasteiger partial charge in [0.2, 0.25) is 0 Å². The Kier molecular flexibility index (Phi) is 2.74. The highest BCUT2D eigenvalue weighted by Crippen LogP contribution is 2.17. The minimum atomic E-state index is 0.866. The zero-order chi connectivity index (χ0) is 10.5. The van der Waals surface area contributed by atoms with Gasteiger partial charge in [-0.3, -0.25) is 4.98 Å². The van der Waals surface area contributed by atoms with Crippen LogP contribution in [0.4, 0.5) is 0 Å². The predicted molar refractivity (Wildman–Crippen MR) is 59.1 cm³/mol. The molecule has 0 aliphatic heterocycles. The first-order chi connectivity index (χ1) is 7.40. The van der Waals surface area contributed by atoms with Crippen molar-refractivity contribution in [2.24, 2.45) is 5.16 Å². The van der Waals surface area contributed by atoms with Gasteiger partial charge in [-0.15, -0.1) is 0 Å². The highest BCUT2D eigenvalue weighted by Gasteiger charge is 1.96. The van der Waals surface area contributed by atoms with Crippen LogP contribution in [0.5, 0.6) is 0 Å². The van der Waals surface area contributed by atoms with Gasteiger partial charge in [-0.25, -0.2) is 0 Å². The van der Waals surface area contributed by atoms with E-state index in [9.17, 15) is 0 Å². The Bertz CT molecular complexity index is 449. The lowest BCUT2D eigenvalue weighted by Crippen LogP contribution is -1.82. The molecule has 0 amide bonds. The maximum absolute atomic E-state index is 8.37. The van der Waals surface area contributed by atoms with Gasteiger partial charge in [0.25, 0.3) is 0 Å². The molecule has 0 aliphatic rings. The minimum absolute atomic E-state index is 0.866. The maximum Gasteiger partial charge on any atom is 0.0733 e. The third-order valence-corrected chi connectivity index (χ3v) is 2.11. The van der Waals surface area contributed by atoms with Gasteiger partial charge in [-0.1, -0.05) is 35.5 Å². The molecule has 0 saturated carbocycles. The van der Waals surface area contributed by atoms with Crippen molar-refractivity contribution in [2.45, 2.75) is 0 Å². The summed E-state index contributed by atoms with van der Waals surface area (Å²) in [4.78, 5) is 4.05. The summed E-state index contributed by atoms with van der Waals surface area (Å²) in [5.74, 6) is 0. The van der Waals surface area contributed by atoms with Crippen molar-refractivity contribution in [3.63, 3.8) is 0 Å². The largest absolute Gasteiger partial charge is 0.411 e. The van der Waals surface area contributed by atoms with E-state index in [0.717, 1.165) is 16.7 Å². The summed E-state index contributed by atoms with van der Waals surface area (Å²) in [6, 6.07) is 11.6. The molecule has 3 heteroatoms. The van der Waals surface area contributed by atoms with Gasteiger partial charge in [0, 0.05) is 12.4 Å². The van der Waals surface area contributed by atoms with Crippen LogP contribution in [-0.4, -0.2) is 16.4 Å². The van der Waals surface area contributed by atoms with Crippen molar-refractivity contribution in [1.82, 2.24) is 4.98 Å². The highest BCUT2D eigenvalue weighted by molar-refractivity contribution is 5.80. The van der Waals surface area contributed by atoms with Crippen molar-refractivity contribution in [3.8, 4) is 11.1 Å². The van der Waals surface area contributed by atoms with Crippen molar-refractivity contribution in [2.75, 3.05) is 0 Å². The van der Waals surface area contributed by atoms with E-state index in [0.29, 0.717) is 0 Å². The van der Waals surface area contributed by atoms with E-state index < -0.39 is 0 Å². The van der Waals surface area contributed by atoms with Crippen LogP contribution < -0.4 is 0 Å². The van der Waals surface area contributed by atoms with Crippen molar-refractivity contribution in [1.29, 1.82) is 0 Å². The molecule has 3 nitrogen and oxygen atoms in total. The van der Waals surface area contributed by atoms with E-state index >= 15 is 0 Å². The van der Waals surface area contributed by atoms with Crippen LogP contribution in [0.1, 0.15) is 5.56 Å². The van der Waals surface area contributed by atoms with Crippen LogP contribution in [0.15, 0.2) is 53.9 Å². The summed E-state index contributed by atoms with van der Waals surface area (Å²) in [6.45, 7) is 0. The Labute approximate surface area is 87.7 Å². The van der Waals surface area contributed by atoms with Crippen LogP contribution >= 0.6 is 0 Å². The number of hydrogen-bond acceptors (Lipinski definition) is 3. The normalized spacial score (nSPS) is 10.7. The molecular formula is C12H10N2O. The number of oxime groups is 1. The van der Waals surface area contributed by atoms with E-state index in [-0.39, 0.29) is 0 Å². The average Bonchev–Trinajstić information content (AvgIpc) is 2.32. The fraction of sp³-hybridized carbons (Fsp3) is 0. The van der Waals surface area contributed by atoms with Crippen molar-refractivity contribution in [3.05, 3.63) is 54.4 Å². The fourth-order valence-electron chi connectivity index (χ4n) is 1.36. The Balaban J connectivity index is 2.32. The molecule has 0 bridgehead atoms. The predicted octanol–water partition coefficient (Wildman–Crippen LogP) is 2.56. The fourth-order valence-corrected chi connectivity index (χ4v) is 1.36. The van der Waals surface area contributed by atoms with E-state index in [2.05, 4.69) is 10.1 Å². The Morgan fingerprint density at radius 1 is 1.07 bits per heavy atom. The van der Waals surface area contributed by atoms with E-state index in [4.69, 9.17) is 5.21 Å². The molecule has 2 rings (SSSR count). The summed E-state index contributed by atoms with van der Waals surface area (Å²) in [5, 5.41) is 11.3. The first-order valence-corrected chi connectivity index (χ1v) is 4.58. The highest BCUT2D eigenvalue weighted by atomic mass is 16.4. The maximum atomic E-state index is 8.37. The number of pyridine rings is 1. The van der Waals surface area contributed by atoms with Crippen molar-refractivity contribution >= 4 is 6.21 Å². The number of hydrogen-bond donors (Lipinski definition) is 1. The average molecular weight is 198 g/mol. The Hall–Kier alpha value is -2.16. The van der Waals surface area contributed by atoms with Crippen LogP contribution in [0.3, 0.4) is 0 Å². The number of nitrogens with zero attached hydrogens (tertiary/aromatic N) is 2. The zero-order valence-electron chi connectivity index (χ0n) is 8.04. The molecule has 1 heterocycles. The van der Waals surface area contributed by atoms with E-state index in [1.54, 1.807) is 6.20 Å².